The van der Waals surface area contributed by atoms with Crippen molar-refractivity contribution in [2.24, 2.45) is 0 Å². The van der Waals surface area contributed by atoms with Crippen molar-refractivity contribution in [3.05, 3.63) is 60.0 Å². The van der Waals surface area contributed by atoms with E-state index < -0.39 is 11.9 Å². The average molecular weight is 459 g/mol. The maximum atomic E-state index is 13.0. The van der Waals surface area contributed by atoms with Gasteiger partial charge in [0.1, 0.15) is 11.5 Å². The van der Waals surface area contributed by atoms with Gasteiger partial charge in [-0.3, -0.25) is 0 Å². The third-order valence-electron chi connectivity index (χ3n) is 5.14. The van der Waals surface area contributed by atoms with Crippen molar-refractivity contribution >= 4 is 17.5 Å². The largest absolute Gasteiger partial charge is 0.433 e. The molecule has 1 aliphatic heterocycles. The number of pyridine rings is 1. The highest BCUT2D eigenvalue weighted by molar-refractivity contribution is 5.72. The molecule has 33 heavy (non-hydrogen) atoms. The number of hydrogen-bond acceptors (Lipinski definition) is 7. The Morgan fingerprint density at radius 3 is 2.55 bits per heavy atom. The lowest BCUT2D eigenvalue weighted by atomic mass is 10.0. The first-order chi connectivity index (χ1) is 15.8. The van der Waals surface area contributed by atoms with Crippen LogP contribution in [0.3, 0.4) is 0 Å². The molecule has 0 unspecified atom stereocenters. The van der Waals surface area contributed by atoms with E-state index in [1.807, 2.05) is 49.2 Å². The fourth-order valence-electron chi connectivity index (χ4n) is 3.52. The number of hydrogen-bond donors (Lipinski definition) is 1. The van der Waals surface area contributed by atoms with Crippen LogP contribution < -0.4 is 10.2 Å². The Bertz CT molecular complexity index is 1100. The van der Waals surface area contributed by atoms with Gasteiger partial charge in [0.25, 0.3) is 0 Å². The molecule has 1 aliphatic rings. The molecule has 0 aliphatic carbocycles. The molecule has 0 bridgehead atoms. The van der Waals surface area contributed by atoms with Crippen LogP contribution in [0.4, 0.5) is 30.6 Å². The predicted octanol–water partition coefficient (Wildman–Crippen LogP) is 4.81. The van der Waals surface area contributed by atoms with Gasteiger partial charge in [-0.1, -0.05) is 6.07 Å². The first-order valence-corrected chi connectivity index (χ1v) is 10.5. The van der Waals surface area contributed by atoms with Crippen molar-refractivity contribution in [1.29, 1.82) is 0 Å². The third-order valence-corrected chi connectivity index (χ3v) is 5.14. The molecule has 0 saturated carbocycles. The minimum atomic E-state index is -4.54. The highest BCUT2D eigenvalue weighted by atomic mass is 19.4. The zero-order chi connectivity index (χ0) is 23.4. The normalized spacial score (nSPS) is 14.5. The van der Waals surface area contributed by atoms with Gasteiger partial charge in [-0.15, -0.1) is 0 Å². The molecule has 2 aromatic heterocycles. The number of rotatable bonds is 7. The van der Waals surface area contributed by atoms with E-state index in [1.54, 1.807) is 6.20 Å². The predicted molar refractivity (Wildman–Crippen MR) is 118 cm³/mol. The Labute approximate surface area is 189 Å². The van der Waals surface area contributed by atoms with Crippen molar-refractivity contribution in [2.75, 3.05) is 37.0 Å². The van der Waals surface area contributed by atoms with E-state index in [1.165, 1.54) is 0 Å². The molecule has 1 N–H and O–H groups in total. The number of aromatic nitrogens is 3. The van der Waals surface area contributed by atoms with Gasteiger partial charge in [0.2, 0.25) is 5.95 Å². The van der Waals surface area contributed by atoms with Crippen LogP contribution in [0.2, 0.25) is 0 Å². The molecule has 0 radical (unpaired) electrons. The fraction of sp³-hybridized carbons (Fsp3) is 0.348. The van der Waals surface area contributed by atoms with E-state index in [2.05, 4.69) is 20.3 Å². The highest BCUT2D eigenvalue weighted by Crippen LogP contribution is 2.30. The van der Waals surface area contributed by atoms with Gasteiger partial charge in [0.05, 0.1) is 13.2 Å². The monoisotopic (exact) mass is 459 g/mol. The number of nitrogens with zero attached hydrogens (tertiary/aromatic N) is 4. The molecule has 1 saturated heterocycles. The molecule has 1 aromatic carbocycles. The lowest BCUT2D eigenvalue weighted by Crippen LogP contribution is -2.24. The van der Waals surface area contributed by atoms with Crippen LogP contribution in [0.5, 0.6) is 0 Å². The summed E-state index contributed by atoms with van der Waals surface area (Å²) in [7, 11) is 1.95. The number of halogens is 3. The molecule has 10 heteroatoms. The Kier molecular flexibility index (Phi) is 6.75. The Balaban J connectivity index is 1.52. The summed E-state index contributed by atoms with van der Waals surface area (Å²) in [6.45, 7) is 3.88. The first kappa shape index (κ1) is 22.9. The quantitative estimate of drug-likeness (QED) is 0.544. The molecule has 4 rings (SSSR count). The maximum absolute atomic E-state index is 13.0. The number of aryl methyl sites for hydroxylation is 1. The molecular weight excluding hydrogens is 435 g/mol. The van der Waals surface area contributed by atoms with Crippen LogP contribution in [0, 0.1) is 6.92 Å². The zero-order valence-electron chi connectivity index (χ0n) is 18.3. The minimum absolute atomic E-state index is 0.118. The van der Waals surface area contributed by atoms with E-state index in [4.69, 9.17) is 9.47 Å². The summed E-state index contributed by atoms with van der Waals surface area (Å²) in [5.74, 6) is 0.676. The van der Waals surface area contributed by atoms with Gasteiger partial charge in [-0.2, -0.15) is 13.2 Å². The van der Waals surface area contributed by atoms with Crippen molar-refractivity contribution in [2.45, 2.75) is 25.8 Å². The van der Waals surface area contributed by atoms with Crippen LogP contribution in [-0.2, 0) is 15.7 Å². The molecule has 0 amide bonds. The summed E-state index contributed by atoms with van der Waals surface area (Å²) in [5.41, 5.74) is 2.35. The fourth-order valence-corrected chi connectivity index (χ4v) is 3.52. The number of benzene rings is 1. The van der Waals surface area contributed by atoms with Gasteiger partial charge in [0.15, 0.2) is 6.29 Å². The molecule has 3 aromatic rings. The van der Waals surface area contributed by atoms with E-state index in [0.29, 0.717) is 25.4 Å². The van der Waals surface area contributed by atoms with Crippen molar-refractivity contribution in [3.8, 4) is 11.1 Å². The number of nitrogens with one attached hydrogen (secondary N) is 1. The Hall–Kier alpha value is -3.24. The van der Waals surface area contributed by atoms with Crippen LogP contribution in [-0.4, -0.2) is 48.0 Å². The van der Waals surface area contributed by atoms with Crippen LogP contribution >= 0.6 is 0 Å². The molecule has 7 nitrogen and oxygen atoms in total. The van der Waals surface area contributed by atoms with E-state index in [9.17, 15) is 13.2 Å². The van der Waals surface area contributed by atoms with Crippen molar-refractivity contribution < 1.29 is 22.6 Å². The van der Waals surface area contributed by atoms with Crippen LogP contribution in [0.15, 0.2) is 48.8 Å². The Morgan fingerprint density at radius 1 is 1.03 bits per heavy atom. The standard InChI is InChI=1S/C23H24F3N5O2/c1-15-11-17(13-18(12-15)29-22-28-7-4-19(30-22)23(24,25)26)16-3-6-27-20(14-16)31(2)8-5-21-32-9-10-33-21/h3-4,6-7,11-14,21H,5,8-10H2,1-2H3,(H,28,29,30). The Morgan fingerprint density at radius 2 is 1.79 bits per heavy atom. The van der Waals surface area contributed by atoms with Gasteiger partial charge < -0.3 is 19.7 Å². The maximum Gasteiger partial charge on any atom is 0.433 e. The lowest BCUT2D eigenvalue weighted by Gasteiger charge is -2.20. The number of ether oxygens (including phenoxy) is 2. The molecule has 0 atom stereocenters. The average Bonchev–Trinajstić information content (AvgIpc) is 3.30. The number of alkyl halides is 3. The smallest absolute Gasteiger partial charge is 0.359 e. The van der Waals surface area contributed by atoms with Gasteiger partial charge in [-0.25, -0.2) is 15.0 Å². The minimum Gasteiger partial charge on any atom is -0.359 e. The molecule has 0 spiro atoms. The van der Waals surface area contributed by atoms with E-state index in [-0.39, 0.29) is 12.2 Å². The van der Waals surface area contributed by atoms with Gasteiger partial charge in [0, 0.05) is 38.1 Å². The molecular formula is C23H24F3N5O2. The summed E-state index contributed by atoms with van der Waals surface area (Å²) >= 11 is 0. The SMILES string of the molecule is Cc1cc(Nc2nccc(C(F)(F)F)n2)cc(-c2ccnc(N(C)CCC3OCCO3)c2)c1. The van der Waals surface area contributed by atoms with Gasteiger partial charge >= 0.3 is 6.18 Å². The summed E-state index contributed by atoms with van der Waals surface area (Å²) in [4.78, 5) is 14.0. The first-order valence-electron chi connectivity index (χ1n) is 10.5. The van der Waals surface area contributed by atoms with E-state index >= 15 is 0 Å². The molecule has 174 valence electrons. The highest BCUT2D eigenvalue weighted by Gasteiger charge is 2.32. The zero-order valence-corrected chi connectivity index (χ0v) is 18.3. The summed E-state index contributed by atoms with van der Waals surface area (Å²) in [6, 6.07) is 10.4. The third kappa shape index (κ3) is 5.96. The van der Waals surface area contributed by atoms with Crippen LogP contribution in [0.25, 0.3) is 11.1 Å². The summed E-state index contributed by atoms with van der Waals surface area (Å²) < 4.78 is 49.8. The second-order valence-electron chi connectivity index (χ2n) is 7.76. The molecule has 3 heterocycles. The van der Waals surface area contributed by atoms with Gasteiger partial charge in [-0.05, 0) is 53.9 Å². The second-order valence-corrected chi connectivity index (χ2v) is 7.76. The molecule has 1 fully saturated rings. The summed E-state index contributed by atoms with van der Waals surface area (Å²) in [5, 5.41) is 2.88. The second kappa shape index (κ2) is 9.72. The van der Waals surface area contributed by atoms with Crippen LogP contribution in [0.1, 0.15) is 17.7 Å². The van der Waals surface area contributed by atoms with Crippen molar-refractivity contribution in [1.82, 2.24) is 15.0 Å². The van der Waals surface area contributed by atoms with Crippen molar-refractivity contribution in [3.63, 3.8) is 0 Å². The lowest BCUT2D eigenvalue weighted by molar-refractivity contribution is -0.141. The summed E-state index contributed by atoms with van der Waals surface area (Å²) in [6.07, 6.45) is -1.17. The number of anilines is 3. The topological polar surface area (TPSA) is 72.4 Å². The van der Waals surface area contributed by atoms with E-state index in [0.717, 1.165) is 41.2 Å².